The van der Waals surface area contributed by atoms with Gasteiger partial charge in [-0.1, -0.05) is 17.7 Å². The number of hydrogen-bond donors (Lipinski definition) is 1. The number of fused-ring (bicyclic) bond motifs is 1. The summed E-state index contributed by atoms with van der Waals surface area (Å²) in [4.78, 5) is 11.0. The van der Waals surface area contributed by atoms with Gasteiger partial charge in [0.05, 0.1) is 10.7 Å². The van der Waals surface area contributed by atoms with Crippen LogP contribution >= 0.6 is 11.6 Å². The molecule has 0 aliphatic rings. The van der Waals surface area contributed by atoms with E-state index in [0.29, 0.717) is 22.1 Å². The Bertz CT molecular complexity index is 785. The molecule has 0 atom stereocenters. The average Bonchev–Trinajstić information content (AvgIpc) is 2.93. The number of aromatic carboxylic acids is 1. The zero-order chi connectivity index (χ0) is 13.6. The highest BCUT2D eigenvalue weighted by Crippen LogP contribution is 2.32. The van der Waals surface area contributed by atoms with Crippen LogP contribution in [-0.4, -0.2) is 15.6 Å². The van der Waals surface area contributed by atoms with Crippen LogP contribution in [0, 0.1) is 0 Å². The van der Waals surface area contributed by atoms with E-state index < -0.39 is 5.97 Å². The maximum absolute atomic E-state index is 11.0. The summed E-state index contributed by atoms with van der Waals surface area (Å²) >= 11 is 6.09. The number of carboxylic acid groups (broad SMARTS) is 1. The number of aromatic nitrogens is 1. The lowest BCUT2D eigenvalue weighted by atomic mass is 10.2. The van der Waals surface area contributed by atoms with Gasteiger partial charge in [0.15, 0.2) is 5.76 Å². The van der Waals surface area contributed by atoms with Crippen molar-refractivity contribution in [1.82, 2.24) is 4.57 Å². The monoisotopic (exact) mass is 275 g/mol. The standard InChI is InChI=1S/C14H10ClNO3/c1-16-10(5-6-11(16)14(17)18)13-7-8-9(15)3-2-4-12(8)19-13/h2-7H,1H3,(H,17,18). The van der Waals surface area contributed by atoms with Gasteiger partial charge >= 0.3 is 5.97 Å². The largest absolute Gasteiger partial charge is 0.477 e. The van der Waals surface area contributed by atoms with Crippen LogP contribution in [0.2, 0.25) is 5.02 Å². The van der Waals surface area contributed by atoms with Gasteiger partial charge in [-0.25, -0.2) is 4.79 Å². The molecule has 4 nitrogen and oxygen atoms in total. The van der Waals surface area contributed by atoms with E-state index in [4.69, 9.17) is 21.1 Å². The first-order chi connectivity index (χ1) is 9.08. The van der Waals surface area contributed by atoms with Gasteiger partial charge in [-0.2, -0.15) is 0 Å². The normalized spacial score (nSPS) is 11.1. The molecule has 0 fully saturated rings. The van der Waals surface area contributed by atoms with Crippen LogP contribution in [0.5, 0.6) is 0 Å². The van der Waals surface area contributed by atoms with Gasteiger partial charge in [0, 0.05) is 12.4 Å². The Kier molecular flexibility index (Phi) is 2.61. The SMILES string of the molecule is Cn1c(C(=O)O)ccc1-c1cc2c(Cl)cccc2o1. The van der Waals surface area contributed by atoms with Crippen LogP contribution in [-0.2, 0) is 7.05 Å². The molecule has 3 aromatic rings. The zero-order valence-electron chi connectivity index (χ0n) is 10.1. The third kappa shape index (κ3) is 1.81. The summed E-state index contributed by atoms with van der Waals surface area (Å²) in [5.74, 6) is -0.374. The summed E-state index contributed by atoms with van der Waals surface area (Å²) in [6.45, 7) is 0. The number of benzene rings is 1. The Morgan fingerprint density at radius 1 is 1.32 bits per heavy atom. The van der Waals surface area contributed by atoms with Crippen LogP contribution in [0.15, 0.2) is 40.8 Å². The predicted octanol–water partition coefficient (Wildman–Crippen LogP) is 3.79. The van der Waals surface area contributed by atoms with Crippen LogP contribution in [0.3, 0.4) is 0 Å². The molecule has 0 aliphatic heterocycles. The Hall–Kier alpha value is -2.20. The third-order valence-corrected chi connectivity index (χ3v) is 3.43. The van der Waals surface area contributed by atoms with Gasteiger partial charge in [-0.05, 0) is 30.3 Å². The highest BCUT2D eigenvalue weighted by molar-refractivity contribution is 6.35. The fourth-order valence-corrected chi connectivity index (χ4v) is 2.35. The summed E-state index contributed by atoms with van der Waals surface area (Å²) < 4.78 is 7.29. The minimum Gasteiger partial charge on any atom is -0.477 e. The molecule has 0 bridgehead atoms. The summed E-state index contributed by atoms with van der Waals surface area (Å²) in [6, 6.07) is 10.5. The Morgan fingerprint density at radius 2 is 2.11 bits per heavy atom. The van der Waals surface area contributed by atoms with E-state index in [9.17, 15) is 4.79 Å². The predicted molar refractivity (Wildman–Crippen MR) is 72.6 cm³/mol. The molecule has 0 amide bonds. The Morgan fingerprint density at radius 3 is 2.74 bits per heavy atom. The first kappa shape index (κ1) is 11.9. The van der Waals surface area contributed by atoms with Gasteiger partial charge in [-0.15, -0.1) is 0 Å². The minimum absolute atomic E-state index is 0.210. The van der Waals surface area contributed by atoms with Gasteiger partial charge in [0.1, 0.15) is 11.3 Å². The molecule has 0 aliphatic carbocycles. The number of halogens is 1. The fraction of sp³-hybridized carbons (Fsp3) is 0.0714. The van der Waals surface area contributed by atoms with Crippen molar-refractivity contribution in [1.29, 1.82) is 0 Å². The molecule has 3 rings (SSSR count). The lowest BCUT2D eigenvalue weighted by Crippen LogP contribution is -2.04. The van der Waals surface area contributed by atoms with Crippen LogP contribution in [0.1, 0.15) is 10.5 Å². The molecule has 0 unspecified atom stereocenters. The van der Waals surface area contributed by atoms with Crippen LogP contribution in [0.4, 0.5) is 0 Å². The lowest BCUT2D eigenvalue weighted by molar-refractivity contribution is 0.0687. The molecule has 0 saturated heterocycles. The Labute approximate surface area is 113 Å². The zero-order valence-corrected chi connectivity index (χ0v) is 10.8. The first-order valence-electron chi connectivity index (χ1n) is 5.65. The highest BCUT2D eigenvalue weighted by atomic mass is 35.5. The van der Waals surface area contributed by atoms with Crippen molar-refractivity contribution in [3.05, 3.63) is 47.1 Å². The molecule has 1 aromatic carbocycles. The van der Waals surface area contributed by atoms with Crippen LogP contribution < -0.4 is 0 Å². The number of furan rings is 1. The fourth-order valence-electron chi connectivity index (χ4n) is 2.12. The molecular weight excluding hydrogens is 266 g/mol. The minimum atomic E-state index is -0.970. The molecule has 2 heterocycles. The topological polar surface area (TPSA) is 55.4 Å². The van der Waals surface area contributed by atoms with Crippen molar-refractivity contribution in [2.24, 2.45) is 7.05 Å². The number of nitrogens with zero attached hydrogens (tertiary/aromatic N) is 1. The van der Waals surface area contributed by atoms with E-state index in [1.54, 1.807) is 29.8 Å². The number of rotatable bonds is 2. The lowest BCUT2D eigenvalue weighted by Gasteiger charge is -2.01. The number of hydrogen-bond acceptors (Lipinski definition) is 2. The second-order valence-electron chi connectivity index (χ2n) is 4.23. The van der Waals surface area contributed by atoms with Crippen molar-refractivity contribution in [2.45, 2.75) is 0 Å². The maximum Gasteiger partial charge on any atom is 0.352 e. The molecule has 96 valence electrons. The molecule has 19 heavy (non-hydrogen) atoms. The van der Waals surface area contributed by atoms with Gasteiger partial charge in [0.25, 0.3) is 0 Å². The van der Waals surface area contributed by atoms with Crippen molar-refractivity contribution < 1.29 is 14.3 Å². The van der Waals surface area contributed by atoms with Gasteiger partial charge < -0.3 is 14.1 Å². The van der Waals surface area contributed by atoms with E-state index in [1.807, 2.05) is 18.2 Å². The second kappa shape index (κ2) is 4.17. The maximum atomic E-state index is 11.0. The van der Waals surface area contributed by atoms with E-state index in [-0.39, 0.29) is 5.69 Å². The number of carbonyl (C=O) groups is 1. The summed E-state index contributed by atoms with van der Waals surface area (Å²) in [5.41, 5.74) is 1.59. The molecule has 1 N–H and O–H groups in total. The molecule has 2 aromatic heterocycles. The highest BCUT2D eigenvalue weighted by Gasteiger charge is 2.15. The quantitative estimate of drug-likeness (QED) is 0.774. The van der Waals surface area contributed by atoms with E-state index in [1.165, 1.54) is 0 Å². The summed E-state index contributed by atoms with van der Waals surface area (Å²) in [7, 11) is 1.69. The average molecular weight is 276 g/mol. The third-order valence-electron chi connectivity index (χ3n) is 3.10. The molecule has 0 radical (unpaired) electrons. The van der Waals surface area contributed by atoms with E-state index in [0.717, 1.165) is 5.39 Å². The van der Waals surface area contributed by atoms with Crippen molar-refractivity contribution in [2.75, 3.05) is 0 Å². The van der Waals surface area contributed by atoms with Gasteiger partial charge in [0.2, 0.25) is 0 Å². The van der Waals surface area contributed by atoms with Crippen LogP contribution in [0.25, 0.3) is 22.4 Å². The molecular formula is C14H10ClNO3. The summed E-state index contributed by atoms with van der Waals surface area (Å²) in [5, 5.41) is 10.5. The van der Waals surface area contributed by atoms with Crippen molar-refractivity contribution in [3.8, 4) is 11.5 Å². The molecule has 0 saturated carbocycles. The second-order valence-corrected chi connectivity index (χ2v) is 4.64. The first-order valence-corrected chi connectivity index (χ1v) is 6.03. The molecule has 5 heteroatoms. The van der Waals surface area contributed by atoms with Gasteiger partial charge in [-0.3, -0.25) is 0 Å². The smallest absolute Gasteiger partial charge is 0.352 e. The van der Waals surface area contributed by atoms with E-state index >= 15 is 0 Å². The van der Waals surface area contributed by atoms with Crippen molar-refractivity contribution in [3.63, 3.8) is 0 Å². The number of carboxylic acids is 1. The Balaban J connectivity index is 2.20. The van der Waals surface area contributed by atoms with Crippen molar-refractivity contribution >= 4 is 28.5 Å². The van der Waals surface area contributed by atoms with E-state index in [2.05, 4.69) is 0 Å². The molecule has 0 spiro atoms. The summed E-state index contributed by atoms with van der Waals surface area (Å²) in [6.07, 6.45) is 0.